The molecule has 0 aliphatic carbocycles. The Morgan fingerprint density at radius 2 is 2.05 bits per heavy atom. The lowest BCUT2D eigenvalue weighted by molar-refractivity contribution is 0.544. The maximum atomic E-state index is 13.7. The Balaban J connectivity index is 2.02. The lowest BCUT2D eigenvalue weighted by Crippen LogP contribution is -2.18. The van der Waals surface area contributed by atoms with Crippen molar-refractivity contribution in [2.75, 3.05) is 0 Å². The Labute approximate surface area is 125 Å². The Hall–Kier alpha value is -0.900. The van der Waals surface area contributed by atoms with Crippen LogP contribution in [0.5, 0.6) is 0 Å². The van der Waals surface area contributed by atoms with Crippen molar-refractivity contribution in [2.24, 2.45) is 0 Å². The van der Waals surface area contributed by atoms with E-state index in [1.54, 1.807) is 6.07 Å². The van der Waals surface area contributed by atoms with Gasteiger partial charge in [0.15, 0.2) is 0 Å². The van der Waals surface area contributed by atoms with E-state index in [2.05, 4.69) is 21.2 Å². The second-order valence-electron chi connectivity index (χ2n) is 4.39. The predicted molar refractivity (Wildman–Crippen MR) is 80.8 cm³/mol. The Morgan fingerprint density at radius 1 is 1.26 bits per heavy atom. The summed E-state index contributed by atoms with van der Waals surface area (Å²) < 4.78 is 14.4. The average Bonchev–Trinajstić information content (AvgIpc) is 2.37. The van der Waals surface area contributed by atoms with Gasteiger partial charge in [0, 0.05) is 27.6 Å². The van der Waals surface area contributed by atoms with E-state index in [4.69, 9.17) is 11.6 Å². The van der Waals surface area contributed by atoms with E-state index in [1.807, 2.05) is 37.3 Å². The molecule has 0 amide bonds. The van der Waals surface area contributed by atoms with Gasteiger partial charge in [-0.15, -0.1) is 0 Å². The van der Waals surface area contributed by atoms with Gasteiger partial charge < -0.3 is 5.32 Å². The monoisotopic (exact) mass is 341 g/mol. The zero-order chi connectivity index (χ0) is 13.8. The standard InChI is InChI=1S/C15H14BrClFN/c1-10(11-3-2-4-14(17)7-11)19-9-12-5-6-13(16)8-15(12)18/h2-8,10,19H,9H2,1H3/t10-/m0/s1. The van der Waals surface area contributed by atoms with E-state index >= 15 is 0 Å². The summed E-state index contributed by atoms with van der Waals surface area (Å²) in [6, 6.07) is 12.9. The van der Waals surface area contributed by atoms with Crippen LogP contribution >= 0.6 is 27.5 Å². The van der Waals surface area contributed by atoms with Crippen molar-refractivity contribution in [1.29, 1.82) is 0 Å². The van der Waals surface area contributed by atoms with Crippen LogP contribution in [0.4, 0.5) is 4.39 Å². The molecule has 0 bridgehead atoms. The second-order valence-corrected chi connectivity index (χ2v) is 5.75. The summed E-state index contributed by atoms with van der Waals surface area (Å²) in [6.45, 7) is 2.51. The number of rotatable bonds is 4. The van der Waals surface area contributed by atoms with Crippen molar-refractivity contribution in [1.82, 2.24) is 5.32 Å². The van der Waals surface area contributed by atoms with Gasteiger partial charge >= 0.3 is 0 Å². The molecule has 2 aromatic rings. The van der Waals surface area contributed by atoms with Crippen LogP contribution in [0.3, 0.4) is 0 Å². The van der Waals surface area contributed by atoms with E-state index in [0.717, 1.165) is 10.0 Å². The molecule has 0 heterocycles. The van der Waals surface area contributed by atoms with Gasteiger partial charge in [-0.25, -0.2) is 4.39 Å². The van der Waals surface area contributed by atoms with E-state index in [1.165, 1.54) is 6.07 Å². The first-order valence-corrected chi connectivity index (χ1v) is 7.16. The second kappa shape index (κ2) is 6.51. The Morgan fingerprint density at radius 3 is 2.74 bits per heavy atom. The Kier molecular flexibility index (Phi) is 4.97. The van der Waals surface area contributed by atoms with Crippen molar-refractivity contribution < 1.29 is 4.39 Å². The molecule has 0 spiro atoms. The van der Waals surface area contributed by atoms with Gasteiger partial charge in [-0.1, -0.05) is 45.7 Å². The highest BCUT2D eigenvalue weighted by Gasteiger charge is 2.07. The molecule has 0 unspecified atom stereocenters. The lowest BCUT2D eigenvalue weighted by Gasteiger charge is -2.15. The third kappa shape index (κ3) is 4.03. The predicted octanol–water partition coefficient (Wildman–Crippen LogP) is 5.09. The first kappa shape index (κ1) is 14.5. The molecule has 19 heavy (non-hydrogen) atoms. The summed E-state index contributed by atoms with van der Waals surface area (Å²) in [5, 5.41) is 4.00. The molecule has 0 saturated carbocycles. The maximum Gasteiger partial charge on any atom is 0.128 e. The van der Waals surface area contributed by atoms with Gasteiger partial charge in [-0.2, -0.15) is 0 Å². The molecule has 1 N–H and O–H groups in total. The van der Waals surface area contributed by atoms with Crippen LogP contribution in [0.15, 0.2) is 46.9 Å². The molecule has 100 valence electrons. The number of halogens is 3. The highest BCUT2D eigenvalue weighted by Crippen LogP contribution is 2.19. The van der Waals surface area contributed by atoms with Crippen LogP contribution < -0.4 is 5.32 Å². The van der Waals surface area contributed by atoms with Crippen LogP contribution in [-0.4, -0.2) is 0 Å². The van der Waals surface area contributed by atoms with Gasteiger partial charge in [-0.3, -0.25) is 0 Å². The summed E-state index contributed by atoms with van der Waals surface area (Å²) in [7, 11) is 0. The van der Waals surface area contributed by atoms with Crippen molar-refractivity contribution in [3.05, 3.63) is 68.9 Å². The topological polar surface area (TPSA) is 12.0 Å². The molecule has 0 radical (unpaired) electrons. The molecular formula is C15H14BrClFN. The normalized spacial score (nSPS) is 12.4. The molecule has 0 aromatic heterocycles. The van der Waals surface area contributed by atoms with E-state index < -0.39 is 0 Å². The van der Waals surface area contributed by atoms with Crippen molar-refractivity contribution in [2.45, 2.75) is 19.5 Å². The zero-order valence-electron chi connectivity index (χ0n) is 10.5. The molecule has 1 nitrogen and oxygen atoms in total. The van der Waals surface area contributed by atoms with E-state index in [9.17, 15) is 4.39 Å². The van der Waals surface area contributed by atoms with Crippen molar-refractivity contribution in [3.8, 4) is 0 Å². The van der Waals surface area contributed by atoms with Crippen molar-refractivity contribution >= 4 is 27.5 Å². The summed E-state index contributed by atoms with van der Waals surface area (Å²) in [4.78, 5) is 0. The number of hydrogen-bond donors (Lipinski definition) is 1. The van der Waals surface area contributed by atoms with Crippen LogP contribution in [0, 0.1) is 5.82 Å². The van der Waals surface area contributed by atoms with E-state index in [0.29, 0.717) is 17.1 Å². The highest BCUT2D eigenvalue weighted by atomic mass is 79.9. The fourth-order valence-electron chi connectivity index (χ4n) is 1.82. The van der Waals surface area contributed by atoms with E-state index in [-0.39, 0.29) is 11.9 Å². The minimum atomic E-state index is -0.208. The molecule has 0 saturated heterocycles. The quantitative estimate of drug-likeness (QED) is 0.816. The first-order chi connectivity index (χ1) is 9.06. The molecule has 0 aliphatic heterocycles. The van der Waals surface area contributed by atoms with Gasteiger partial charge in [0.25, 0.3) is 0 Å². The Bertz CT molecular complexity index is 574. The van der Waals surface area contributed by atoms with Gasteiger partial charge in [0.1, 0.15) is 5.82 Å². The maximum absolute atomic E-state index is 13.7. The molecule has 2 aromatic carbocycles. The van der Waals surface area contributed by atoms with Gasteiger partial charge in [-0.05, 0) is 36.8 Å². The van der Waals surface area contributed by atoms with Crippen LogP contribution in [0.1, 0.15) is 24.1 Å². The summed E-state index contributed by atoms with van der Waals surface area (Å²) in [5.74, 6) is -0.208. The molecule has 4 heteroatoms. The van der Waals surface area contributed by atoms with Crippen LogP contribution in [-0.2, 0) is 6.54 Å². The smallest absolute Gasteiger partial charge is 0.128 e. The lowest BCUT2D eigenvalue weighted by atomic mass is 10.1. The highest BCUT2D eigenvalue weighted by molar-refractivity contribution is 9.10. The molecule has 2 rings (SSSR count). The molecule has 0 fully saturated rings. The minimum absolute atomic E-state index is 0.113. The summed E-state index contributed by atoms with van der Waals surface area (Å²) >= 11 is 9.20. The third-order valence-corrected chi connectivity index (χ3v) is 3.69. The average molecular weight is 343 g/mol. The van der Waals surface area contributed by atoms with Crippen LogP contribution in [0.25, 0.3) is 0 Å². The molecule has 1 atom stereocenters. The third-order valence-electron chi connectivity index (χ3n) is 2.96. The fourth-order valence-corrected chi connectivity index (χ4v) is 2.35. The van der Waals surface area contributed by atoms with Crippen molar-refractivity contribution in [3.63, 3.8) is 0 Å². The molecule has 0 aliphatic rings. The molecular weight excluding hydrogens is 329 g/mol. The van der Waals surface area contributed by atoms with Crippen LogP contribution in [0.2, 0.25) is 5.02 Å². The number of nitrogens with one attached hydrogen (secondary N) is 1. The van der Waals surface area contributed by atoms with Gasteiger partial charge in [0.05, 0.1) is 0 Å². The largest absolute Gasteiger partial charge is 0.306 e. The fraction of sp³-hybridized carbons (Fsp3) is 0.200. The summed E-state index contributed by atoms with van der Waals surface area (Å²) in [5.41, 5.74) is 1.74. The zero-order valence-corrected chi connectivity index (χ0v) is 12.8. The minimum Gasteiger partial charge on any atom is -0.306 e. The SMILES string of the molecule is C[C@H](NCc1ccc(Br)cc1F)c1cccc(Cl)c1. The number of hydrogen-bond acceptors (Lipinski definition) is 1. The summed E-state index contributed by atoms with van der Waals surface area (Å²) in [6.07, 6.45) is 0. The number of benzene rings is 2. The van der Waals surface area contributed by atoms with Gasteiger partial charge in [0.2, 0.25) is 0 Å². The first-order valence-electron chi connectivity index (χ1n) is 5.99.